The van der Waals surface area contributed by atoms with E-state index >= 15 is 0 Å². The van der Waals surface area contributed by atoms with Crippen molar-refractivity contribution in [1.29, 1.82) is 5.26 Å². The van der Waals surface area contributed by atoms with E-state index in [1.807, 2.05) is 6.07 Å². The van der Waals surface area contributed by atoms with Crippen LogP contribution in [0.1, 0.15) is 26.7 Å². The summed E-state index contributed by atoms with van der Waals surface area (Å²) in [5.74, 6) is 0.814. The van der Waals surface area contributed by atoms with Gasteiger partial charge in [-0.3, -0.25) is 0 Å². The van der Waals surface area contributed by atoms with E-state index in [2.05, 4.69) is 30.2 Å². The average Bonchev–Trinajstić information content (AvgIpc) is 2.26. The van der Waals surface area contributed by atoms with Crippen LogP contribution in [0.15, 0.2) is 18.3 Å². The molecule has 0 aliphatic carbocycles. The number of pyridine rings is 1. The van der Waals surface area contributed by atoms with E-state index in [4.69, 9.17) is 16.9 Å². The maximum absolute atomic E-state index is 8.55. The van der Waals surface area contributed by atoms with Crippen LogP contribution in [0.3, 0.4) is 0 Å². The molecule has 86 valence electrons. The largest absolute Gasteiger partial charge is 0.370 e. The third-order valence-corrected chi connectivity index (χ3v) is 2.61. The summed E-state index contributed by atoms with van der Waals surface area (Å²) < 4.78 is 0. The number of nitrogens with zero attached hydrogens (tertiary/aromatic N) is 2. The summed E-state index contributed by atoms with van der Waals surface area (Å²) in [4.78, 5) is 4.15. The lowest BCUT2D eigenvalue weighted by molar-refractivity contribution is 0.363. The lowest BCUT2D eigenvalue weighted by atomic mass is 9.88. The summed E-state index contributed by atoms with van der Waals surface area (Å²) in [6.07, 6.45) is 3.08. The van der Waals surface area contributed by atoms with E-state index in [-0.39, 0.29) is 5.41 Å². The molecule has 0 aliphatic heterocycles. The highest BCUT2D eigenvalue weighted by atomic mass is 35.5. The molecular formula is C12H16ClN3. The molecule has 0 bridgehead atoms. The van der Waals surface area contributed by atoms with E-state index in [1.165, 1.54) is 0 Å². The molecule has 0 saturated heterocycles. The van der Waals surface area contributed by atoms with Crippen LogP contribution in [0, 0.1) is 16.7 Å². The number of aromatic nitrogens is 1. The van der Waals surface area contributed by atoms with Gasteiger partial charge in [0.05, 0.1) is 11.1 Å². The first-order valence-corrected chi connectivity index (χ1v) is 5.64. The lowest BCUT2D eigenvalue weighted by Crippen LogP contribution is -2.23. The summed E-state index contributed by atoms with van der Waals surface area (Å²) in [5, 5.41) is 12.4. The minimum absolute atomic E-state index is 0.0943. The first-order valence-electron chi connectivity index (χ1n) is 5.26. The smallest absolute Gasteiger partial charge is 0.126 e. The molecule has 4 heteroatoms. The molecule has 0 aromatic carbocycles. The highest BCUT2D eigenvalue weighted by Crippen LogP contribution is 2.22. The van der Waals surface area contributed by atoms with E-state index in [0.717, 1.165) is 18.8 Å². The van der Waals surface area contributed by atoms with E-state index in [9.17, 15) is 0 Å². The summed E-state index contributed by atoms with van der Waals surface area (Å²) in [6.45, 7) is 5.06. The number of rotatable bonds is 5. The SMILES string of the molecule is CC(C)(CCC#N)CNc1ccc(Cl)cn1. The Hall–Kier alpha value is -1.27. The van der Waals surface area contributed by atoms with Crippen LogP contribution in [-0.2, 0) is 0 Å². The van der Waals surface area contributed by atoms with Crippen molar-refractivity contribution in [3.63, 3.8) is 0 Å². The molecular weight excluding hydrogens is 222 g/mol. The fourth-order valence-corrected chi connectivity index (χ4v) is 1.40. The van der Waals surface area contributed by atoms with Crippen molar-refractivity contribution in [2.24, 2.45) is 5.41 Å². The van der Waals surface area contributed by atoms with Gasteiger partial charge in [0.25, 0.3) is 0 Å². The van der Waals surface area contributed by atoms with Crippen molar-refractivity contribution >= 4 is 17.4 Å². The Balaban J connectivity index is 2.45. The summed E-state index contributed by atoms with van der Waals surface area (Å²) in [7, 11) is 0. The third-order valence-electron chi connectivity index (χ3n) is 2.39. The minimum Gasteiger partial charge on any atom is -0.370 e. The Kier molecular flexibility index (Phi) is 4.57. The maximum Gasteiger partial charge on any atom is 0.126 e. The summed E-state index contributed by atoms with van der Waals surface area (Å²) in [5.41, 5.74) is 0.0943. The fourth-order valence-electron chi connectivity index (χ4n) is 1.29. The Labute approximate surface area is 101 Å². The Morgan fingerprint density at radius 1 is 1.50 bits per heavy atom. The highest BCUT2D eigenvalue weighted by molar-refractivity contribution is 6.30. The van der Waals surface area contributed by atoms with E-state index in [1.54, 1.807) is 12.3 Å². The van der Waals surface area contributed by atoms with Gasteiger partial charge in [-0.2, -0.15) is 5.26 Å². The molecule has 0 amide bonds. The van der Waals surface area contributed by atoms with Gasteiger partial charge in [-0.15, -0.1) is 0 Å². The number of hydrogen-bond donors (Lipinski definition) is 1. The van der Waals surface area contributed by atoms with Crippen LogP contribution in [0.2, 0.25) is 5.02 Å². The molecule has 0 radical (unpaired) electrons. The highest BCUT2D eigenvalue weighted by Gasteiger charge is 2.17. The quantitative estimate of drug-likeness (QED) is 0.853. The van der Waals surface area contributed by atoms with Gasteiger partial charge in [0.2, 0.25) is 0 Å². The average molecular weight is 238 g/mol. The summed E-state index contributed by atoms with van der Waals surface area (Å²) in [6, 6.07) is 5.82. The zero-order chi connectivity index (χ0) is 12.0. The van der Waals surface area contributed by atoms with Crippen LogP contribution in [0.4, 0.5) is 5.82 Å². The second-order valence-electron chi connectivity index (χ2n) is 4.54. The molecule has 16 heavy (non-hydrogen) atoms. The maximum atomic E-state index is 8.55. The molecule has 0 spiro atoms. The number of hydrogen-bond acceptors (Lipinski definition) is 3. The molecule has 1 rings (SSSR count). The molecule has 0 fully saturated rings. The second-order valence-corrected chi connectivity index (χ2v) is 4.97. The molecule has 1 aromatic rings. The van der Waals surface area contributed by atoms with Crippen molar-refractivity contribution in [2.75, 3.05) is 11.9 Å². The molecule has 1 aromatic heterocycles. The Morgan fingerprint density at radius 3 is 2.81 bits per heavy atom. The van der Waals surface area contributed by atoms with Gasteiger partial charge < -0.3 is 5.32 Å². The zero-order valence-electron chi connectivity index (χ0n) is 9.63. The monoisotopic (exact) mass is 237 g/mol. The third kappa shape index (κ3) is 4.50. The standard InChI is InChI=1S/C12H16ClN3/c1-12(2,6-3-7-14)9-16-11-5-4-10(13)8-15-11/h4-5,8H,3,6,9H2,1-2H3,(H,15,16). The number of halogens is 1. The Morgan fingerprint density at radius 2 is 2.25 bits per heavy atom. The van der Waals surface area contributed by atoms with Gasteiger partial charge in [-0.1, -0.05) is 25.4 Å². The van der Waals surface area contributed by atoms with Crippen LogP contribution < -0.4 is 5.32 Å². The van der Waals surface area contributed by atoms with Crippen molar-refractivity contribution in [2.45, 2.75) is 26.7 Å². The van der Waals surface area contributed by atoms with E-state index in [0.29, 0.717) is 11.4 Å². The molecule has 1 heterocycles. The zero-order valence-corrected chi connectivity index (χ0v) is 10.4. The molecule has 0 aliphatic rings. The predicted octanol–water partition coefficient (Wildman–Crippen LogP) is 3.48. The van der Waals surface area contributed by atoms with Crippen molar-refractivity contribution in [3.05, 3.63) is 23.4 Å². The predicted molar refractivity (Wildman–Crippen MR) is 66.4 cm³/mol. The van der Waals surface area contributed by atoms with Crippen molar-refractivity contribution in [3.8, 4) is 6.07 Å². The van der Waals surface area contributed by atoms with Crippen molar-refractivity contribution in [1.82, 2.24) is 4.98 Å². The number of nitrogens with one attached hydrogen (secondary N) is 1. The normalized spacial score (nSPS) is 10.9. The summed E-state index contributed by atoms with van der Waals surface area (Å²) >= 11 is 5.74. The van der Waals surface area contributed by atoms with Crippen LogP contribution in [0.25, 0.3) is 0 Å². The molecule has 1 N–H and O–H groups in total. The van der Waals surface area contributed by atoms with Crippen LogP contribution >= 0.6 is 11.6 Å². The van der Waals surface area contributed by atoms with Crippen LogP contribution in [0.5, 0.6) is 0 Å². The topological polar surface area (TPSA) is 48.7 Å². The van der Waals surface area contributed by atoms with Gasteiger partial charge >= 0.3 is 0 Å². The molecule has 0 unspecified atom stereocenters. The molecule has 0 saturated carbocycles. The van der Waals surface area contributed by atoms with Gasteiger partial charge in [0.15, 0.2) is 0 Å². The fraction of sp³-hybridized carbons (Fsp3) is 0.500. The van der Waals surface area contributed by atoms with Gasteiger partial charge in [-0.25, -0.2) is 4.98 Å². The van der Waals surface area contributed by atoms with Gasteiger partial charge in [0.1, 0.15) is 5.82 Å². The first kappa shape index (κ1) is 12.8. The minimum atomic E-state index is 0.0943. The molecule has 3 nitrogen and oxygen atoms in total. The first-order chi connectivity index (χ1) is 7.53. The number of nitriles is 1. The molecule has 0 atom stereocenters. The number of anilines is 1. The Bertz CT molecular complexity index is 365. The lowest BCUT2D eigenvalue weighted by Gasteiger charge is -2.23. The second kappa shape index (κ2) is 5.72. The van der Waals surface area contributed by atoms with Gasteiger partial charge in [-0.05, 0) is 24.0 Å². The van der Waals surface area contributed by atoms with Crippen molar-refractivity contribution < 1.29 is 0 Å². The van der Waals surface area contributed by atoms with Crippen LogP contribution in [-0.4, -0.2) is 11.5 Å². The van der Waals surface area contributed by atoms with E-state index < -0.39 is 0 Å². The van der Waals surface area contributed by atoms with Gasteiger partial charge in [0, 0.05) is 19.2 Å².